The molecule has 13 heteroatoms. The maximum absolute atomic E-state index is 13.5. The Bertz CT molecular complexity index is 978. The average molecular weight is 532 g/mol. The minimum absolute atomic E-state index is 0.0406. The number of esters is 1. The van der Waals surface area contributed by atoms with Crippen LogP contribution < -0.4 is 5.73 Å². The topological polar surface area (TPSA) is 141 Å². The first kappa shape index (κ1) is 30.1. The van der Waals surface area contributed by atoms with Crippen LogP contribution in [-0.2, 0) is 34.4 Å². The molecule has 0 fully saturated rings. The van der Waals surface area contributed by atoms with Crippen LogP contribution in [0.15, 0.2) is 6.33 Å². The first-order valence-corrected chi connectivity index (χ1v) is 13.6. The summed E-state index contributed by atoms with van der Waals surface area (Å²) in [4.78, 5) is 23.1. The van der Waals surface area contributed by atoms with Crippen LogP contribution in [0.1, 0.15) is 71.6 Å². The van der Waals surface area contributed by atoms with E-state index >= 15 is 0 Å². The quantitative estimate of drug-likeness (QED) is 0.120. The van der Waals surface area contributed by atoms with Crippen LogP contribution in [-0.4, -0.2) is 58.0 Å². The summed E-state index contributed by atoms with van der Waals surface area (Å²) in [7, 11) is -1.43. The van der Waals surface area contributed by atoms with E-state index in [4.69, 9.17) is 24.3 Å². The largest absolute Gasteiger partial charge is 0.464 e. The van der Waals surface area contributed by atoms with Gasteiger partial charge in [-0.2, -0.15) is 14.4 Å². The van der Waals surface area contributed by atoms with E-state index in [9.17, 15) is 13.8 Å². The van der Waals surface area contributed by atoms with Gasteiger partial charge in [-0.1, -0.05) is 51.9 Å². The van der Waals surface area contributed by atoms with Gasteiger partial charge in [0.15, 0.2) is 18.1 Å². The SMILES string of the molecule is CCCCCCCCCCOC(=O)CO[PH](=O)OC[C@](C)(CCn1cnc2c(N)nc(F)nc21)OC. The van der Waals surface area contributed by atoms with E-state index < -0.39 is 32.5 Å². The van der Waals surface area contributed by atoms with Crippen LogP contribution in [0.3, 0.4) is 0 Å². The number of hydrogen-bond donors (Lipinski definition) is 1. The molecule has 36 heavy (non-hydrogen) atoms. The summed E-state index contributed by atoms with van der Waals surface area (Å²) in [5.41, 5.74) is 5.42. The maximum atomic E-state index is 13.5. The fourth-order valence-corrected chi connectivity index (χ4v) is 4.27. The van der Waals surface area contributed by atoms with E-state index in [1.165, 1.54) is 45.5 Å². The fourth-order valence-electron chi connectivity index (χ4n) is 3.53. The number of fused-ring (bicyclic) bond motifs is 1. The number of nitrogens with two attached hydrogens (primary N) is 1. The van der Waals surface area contributed by atoms with E-state index in [-0.39, 0.29) is 18.1 Å². The number of imidazole rings is 1. The van der Waals surface area contributed by atoms with Crippen molar-refractivity contribution in [3.63, 3.8) is 0 Å². The lowest BCUT2D eigenvalue weighted by atomic mass is 10.0. The van der Waals surface area contributed by atoms with E-state index in [1.54, 1.807) is 11.5 Å². The van der Waals surface area contributed by atoms with Gasteiger partial charge in [0.25, 0.3) is 0 Å². The molecule has 0 bridgehead atoms. The van der Waals surface area contributed by atoms with Gasteiger partial charge in [-0.05, 0) is 19.8 Å². The average Bonchev–Trinajstić information content (AvgIpc) is 3.27. The van der Waals surface area contributed by atoms with Crippen LogP contribution in [0.4, 0.5) is 10.2 Å². The zero-order chi connectivity index (χ0) is 26.4. The molecule has 11 nitrogen and oxygen atoms in total. The Labute approximate surface area is 212 Å². The molecule has 0 aliphatic carbocycles. The number of aryl methyl sites for hydroxylation is 1. The zero-order valence-electron chi connectivity index (χ0n) is 21.5. The molecule has 2 rings (SSSR count). The normalized spacial score (nSPS) is 14.1. The first-order valence-electron chi connectivity index (χ1n) is 12.4. The van der Waals surface area contributed by atoms with Crippen molar-refractivity contribution in [2.75, 3.05) is 32.7 Å². The second-order valence-corrected chi connectivity index (χ2v) is 9.99. The Kier molecular flexibility index (Phi) is 13.3. The van der Waals surface area contributed by atoms with E-state index in [2.05, 4.69) is 21.9 Å². The number of methoxy groups -OCH3 is 1. The highest BCUT2D eigenvalue weighted by Gasteiger charge is 2.26. The molecule has 0 aliphatic heterocycles. The van der Waals surface area contributed by atoms with Crippen molar-refractivity contribution in [3.8, 4) is 0 Å². The molecule has 0 aromatic carbocycles. The minimum atomic E-state index is -2.93. The minimum Gasteiger partial charge on any atom is -0.464 e. The van der Waals surface area contributed by atoms with Crippen LogP contribution in [0.25, 0.3) is 11.2 Å². The van der Waals surface area contributed by atoms with Crippen LogP contribution in [0.2, 0.25) is 0 Å². The third kappa shape index (κ3) is 10.5. The predicted octanol–water partition coefficient (Wildman–Crippen LogP) is 4.45. The third-order valence-electron chi connectivity index (χ3n) is 5.90. The summed E-state index contributed by atoms with van der Waals surface area (Å²) in [6, 6.07) is 0. The molecular weight excluding hydrogens is 492 g/mol. The van der Waals surface area contributed by atoms with Crippen molar-refractivity contribution in [1.29, 1.82) is 0 Å². The summed E-state index contributed by atoms with van der Waals surface area (Å²) < 4.78 is 48.2. The van der Waals surface area contributed by atoms with E-state index in [1.807, 2.05) is 0 Å². The van der Waals surface area contributed by atoms with Crippen molar-refractivity contribution in [1.82, 2.24) is 19.5 Å². The standard InChI is InChI=1S/C23H39FN5O6P/c1-4-5-6-7-8-9-10-11-14-33-18(30)15-34-36(31)35-16-23(2,32-3)12-13-29-17-26-19-20(25)27-22(24)28-21(19)29/h17,36H,4-16H2,1-3H3,(H2,25,27,28)/t23-/m0/s1. The highest BCUT2D eigenvalue weighted by molar-refractivity contribution is 7.33. The molecule has 204 valence electrons. The van der Waals surface area contributed by atoms with Crippen molar-refractivity contribution in [2.24, 2.45) is 0 Å². The van der Waals surface area contributed by atoms with Crippen molar-refractivity contribution < 1.29 is 32.3 Å². The molecule has 2 heterocycles. The van der Waals surface area contributed by atoms with Gasteiger partial charge >= 0.3 is 20.3 Å². The Hall–Kier alpha value is -2.14. The smallest absolute Gasteiger partial charge is 0.332 e. The fraction of sp³-hybridized carbons (Fsp3) is 0.739. The molecule has 0 aliphatic rings. The van der Waals surface area contributed by atoms with Crippen molar-refractivity contribution in [3.05, 3.63) is 12.4 Å². The molecule has 0 radical (unpaired) electrons. The Morgan fingerprint density at radius 1 is 1.14 bits per heavy atom. The van der Waals surface area contributed by atoms with Crippen LogP contribution in [0.5, 0.6) is 0 Å². The molecule has 2 aromatic rings. The van der Waals surface area contributed by atoms with Crippen molar-refractivity contribution >= 4 is 31.2 Å². The third-order valence-corrected chi connectivity index (χ3v) is 6.66. The molecule has 2 aromatic heterocycles. The number of ether oxygens (including phenoxy) is 2. The zero-order valence-corrected chi connectivity index (χ0v) is 22.5. The Balaban J connectivity index is 1.64. The first-order chi connectivity index (χ1) is 17.3. The number of nitrogen functional groups attached to an aromatic ring is 1. The number of carbonyl (C=O) groups excluding carboxylic acids is 1. The van der Waals surface area contributed by atoms with Crippen LogP contribution >= 0.6 is 8.25 Å². The molecular formula is C23H39FN5O6P. The molecule has 0 saturated heterocycles. The van der Waals surface area contributed by atoms with Gasteiger partial charge in [-0.3, -0.25) is 9.09 Å². The number of carbonyl (C=O) groups is 1. The van der Waals surface area contributed by atoms with E-state index in [0.29, 0.717) is 25.1 Å². The lowest BCUT2D eigenvalue weighted by Gasteiger charge is -2.27. The van der Waals surface area contributed by atoms with Gasteiger partial charge in [0.05, 0.1) is 25.1 Å². The van der Waals surface area contributed by atoms with Gasteiger partial charge in [-0.25, -0.2) is 9.78 Å². The van der Waals surface area contributed by atoms with Crippen LogP contribution in [0, 0.1) is 6.08 Å². The summed E-state index contributed by atoms with van der Waals surface area (Å²) in [6.45, 7) is 4.15. The van der Waals surface area contributed by atoms with Gasteiger partial charge in [0, 0.05) is 13.7 Å². The number of aromatic nitrogens is 4. The molecule has 1 unspecified atom stereocenters. The number of nitrogens with zero attached hydrogens (tertiary/aromatic N) is 4. The predicted molar refractivity (Wildman–Crippen MR) is 134 cm³/mol. The van der Waals surface area contributed by atoms with E-state index in [0.717, 1.165) is 19.3 Å². The molecule has 2 atom stereocenters. The van der Waals surface area contributed by atoms with Gasteiger partial charge in [0.2, 0.25) is 0 Å². The van der Waals surface area contributed by atoms with Crippen molar-refractivity contribution in [2.45, 2.75) is 83.8 Å². The number of anilines is 1. The van der Waals surface area contributed by atoms with Gasteiger partial charge < -0.3 is 24.3 Å². The monoisotopic (exact) mass is 531 g/mol. The second kappa shape index (κ2) is 15.9. The Morgan fingerprint density at radius 2 is 1.83 bits per heavy atom. The summed E-state index contributed by atoms with van der Waals surface area (Å²) in [5, 5.41) is 0. The Morgan fingerprint density at radius 3 is 2.53 bits per heavy atom. The lowest BCUT2D eigenvalue weighted by molar-refractivity contribution is -0.146. The number of halogens is 1. The summed E-state index contributed by atoms with van der Waals surface area (Å²) in [5.74, 6) is -0.615. The second-order valence-electron chi connectivity index (χ2n) is 8.91. The van der Waals surface area contributed by atoms with Gasteiger partial charge in [0.1, 0.15) is 5.52 Å². The summed E-state index contributed by atoms with van der Waals surface area (Å²) in [6.07, 6.45) is 10.1. The number of rotatable bonds is 19. The maximum Gasteiger partial charge on any atom is 0.332 e. The van der Waals surface area contributed by atoms with Gasteiger partial charge in [-0.15, -0.1) is 0 Å². The molecule has 0 amide bonds. The number of hydrogen-bond acceptors (Lipinski definition) is 10. The molecule has 2 N–H and O–H groups in total. The highest BCUT2D eigenvalue weighted by Crippen LogP contribution is 2.28. The molecule has 0 spiro atoms. The molecule has 0 saturated carbocycles. The summed E-state index contributed by atoms with van der Waals surface area (Å²) >= 11 is 0. The number of unbranched alkanes of at least 4 members (excludes halogenated alkanes) is 7. The lowest BCUT2D eigenvalue weighted by Crippen LogP contribution is -2.34. The highest BCUT2D eigenvalue weighted by atomic mass is 31.1.